The van der Waals surface area contributed by atoms with Gasteiger partial charge in [0.2, 0.25) is 0 Å². The van der Waals surface area contributed by atoms with E-state index in [0.717, 1.165) is 32.6 Å². The first-order valence-electron chi connectivity index (χ1n) is 6.08. The average molecular weight is 219 g/mol. The maximum atomic E-state index is 5.53. The average Bonchev–Trinajstić information content (AvgIpc) is 2.33. The van der Waals surface area contributed by atoms with E-state index in [1.165, 1.54) is 17.8 Å². The molecule has 0 spiro atoms. The molecule has 1 aliphatic heterocycles. The molecule has 0 atom stereocenters. The molecular formula is C13H21N3. The molecular weight excluding hydrogens is 198 g/mol. The second-order valence-electron chi connectivity index (χ2n) is 4.39. The molecule has 88 valence electrons. The minimum atomic E-state index is 0.801. The van der Waals surface area contributed by atoms with Gasteiger partial charge in [-0.25, -0.2) is 0 Å². The van der Waals surface area contributed by atoms with Crippen molar-refractivity contribution < 1.29 is 0 Å². The van der Waals surface area contributed by atoms with Crippen LogP contribution in [0.2, 0.25) is 0 Å². The van der Waals surface area contributed by atoms with Crippen molar-refractivity contribution in [3.05, 3.63) is 24.3 Å². The quantitative estimate of drug-likeness (QED) is 0.782. The molecule has 1 aromatic carbocycles. The van der Waals surface area contributed by atoms with Gasteiger partial charge >= 0.3 is 0 Å². The Balaban J connectivity index is 2.09. The monoisotopic (exact) mass is 219 g/mol. The maximum Gasteiger partial charge on any atom is 0.0604 e. The molecule has 16 heavy (non-hydrogen) atoms. The number of anilines is 2. The first kappa shape index (κ1) is 11.3. The molecule has 3 heteroatoms. The molecule has 1 aliphatic rings. The Labute approximate surface area is 97.8 Å². The Morgan fingerprint density at radius 2 is 1.88 bits per heavy atom. The smallest absolute Gasteiger partial charge is 0.0604 e. The fourth-order valence-corrected chi connectivity index (χ4v) is 2.25. The van der Waals surface area contributed by atoms with Crippen molar-refractivity contribution in [2.24, 2.45) is 5.73 Å². The van der Waals surface area contributed by atoms with Crippen LogP contribution in [0.25, 0.3) is 0 Å². The van der Waals surface area contributed by atoms with Crippen LogP contribution in [0.5, 0.6) is 0 Å². The Hall–Kier alpha value is -1.22. The van der Waals surface area contributed by atoms with Gasteiger partial charge in [-0.3, -0.25) is 0 Å². The summed E-state index contributed by atoms with van der Waals surface area (Å²) in [6, 6.07) is 8.64. The molecule has 0 bridgehead atoms. The van der Waals surface area contributed by atoms with Gasteiger partial charge in [0.1, 0.15) is 0 Å². The lowest BCUT2D eigenvalue weighted by molar-refractivity contribution is 0.671. The van der Waals surface area contributed by atoms with Crippen LogP contribution in [0.15, 0.2) is 24.3 Å². The number of hydrogen-bond acceptors (Lipinski definition) is 3. The van der Waals surface area contributed by atoms with Gasteiger partial charge < -0.3 is 15.5 Å². The Morgan fingerprint density at radius 1 is 1.12 bits per heavy atom. The number of likely N-dealkylation sites (N-methyl/N-ethyl adjacent to an activating group) is 1. The van der Waals surface area contributed by atoms with Crippen molar-refractivity contribution in [1.29, 1.82) is 0 Å². The summed E-state index contributed by atoms with van der Waals surface area (Å²) in [5.41, 5.74) is 8.25. The van der Waals surface area contributed by atoms with Crippen LogP contribution in [0.4, 0.5) is 11.4 Å². The Bertz CT molecular complexity index is 338. The summed E-state index contributed by atoms with van der Waals surface area (Å²) in [5.74, 6) is 0. The highest BCUT2D eigenvalue weighted by Crippen LogP contribution is 2.31. The molecule has 2 N–H and O–H groups in total. The Morgan fingerprint density at radius 3 is 2.62 bits per heavy atom. The zero-order valence-electron chi connectivity index (χ0n) is 10.0. The third kappa shape index (κ3) is 2.30. The zero-order chi connectivity index (χ0) is 11.4. The van der Waals surface area contributed by atoms with Crippen molar-refractivity contribution in [2.45, 2.75) is 12.8 Å². The number of hydrogen-bond donors (Lipinski definition) is 1. The molecule has 3 nitrogen and oxygen atoms in total. The van der Waals surface area contributed by atoms with E-state index in [-0.39, 0.29) is 0 Å². The van der Waals surface area contributed by atoms with Crippen LogP contribution in [0, 0.1) is 0 Å². The molecule has 0 amide bonds. The van der Waals surface area contributed by atoms with Gasteiger partial charge in [-0.15, -0.1) is 0 Å². The van der Waals surface area contributed by atoms with Gasteiger partial charge in [0.05, 0.1) is 11.4 Å². The van der Waals surface area contributed by atoms with E-state index in [1.54, 1.807) is 0 Å². The van der Waals surface area contributed by atoms with Crippen molar-refractivity contribution in [3.8, 4) is 0 Å². The van der Waals surface area contributed by atoms with Crippen LogP contribution in [-0.4, -0.2) is 33.2 Å². The molecule has 0 aliphatic carbocycles. The number of fused-ring (bicyclic) bond motifs is 1. The van der Waals surface area contributed by atoms with E-state index in [1.807, 2.05) is 0 Å². The number of benzene rings is 1. The minimum Gasteiger partial charge on any atom is -0.371 e. The van der Waals surface area contributed by atoms with Gasteiger partial charge in [-0.2, -0.15) is 0 Å². The lowest BCUT2D eigenvalue weighted by Crippen LogP contribution is -2.39. The summed E-state index contributed by atoms with van der Waals surface area (Å²) in [6.45, 7) is 4.16. The van der Waals surface area contributed by atoms with Gasteiger partial charge in [0, 0.05) is 26.7 Å². The molecule has 0 aromatic heterocycles. The number of unbranched alkanes of at least 4 members (excludes halogenated alkanes) is 1. The minimum absolute atomic E-state index is 0.801. The normalized spacial score (nSPS) is 15.1. The number of nitrogens with zero attached hydrogens (tertiary/aromatic N) is 2. The van der Waals surface area contributed by atoms with Crippen molar-refractivity contribution in [3.63, 3.8) is 0 Å². The van der Waals surface area contributed by atoms with Gasteiger partial charge in [-0.05, 0) is 31.5 Å². The SMILES string of the molecule is CN1CCN(CCCCN)c2ccccc21. The number of nitrogens with two attached hydrogens (primary N) is 1. The van der Waals surface area contributed by atoms with E-state index in [0.29, 0.717) is 0 Å². The molecule has 0 saturated carbocycles. The molecule has 2 rings (SSSR count). The molecule has 0 unspecified atom stereocenters. The predicted molar refractivity (Wildman–Crippen MR) is 70.2 cm³/mol. The third-order valence-corrected chi connectivity index (χ3v) is 3.22. The first-order valence-corrected chi connectivity index (χ1v) is 6.08. The van der Waals surface area contributed by atoms with E-state index >= 15 is 0 Å². The van der Waals surface area contributed by atoms with E-state index < -0.39 is 0 Å². The molecule has 0 saturated heterocycles. The van der Waals surface area contributed by atoms with Gasteiger partial charge in [0.15, 0.2) is 0 Å². The van der Waals surface area contributed by atoms with Crippen LogP contribution in [0.1, 0.15) is 12.8 Å². The van der Waals surface area contributed by atoms with E-state index in [9.17, 15) is 0 Å². The van der Waals surface area contributed by atoms with Crippen LogP contribution >= 0.6 is 0 Å². The highest BCUT2D eigenvalue weighted by atomic mass is 15.2. The third-order valence-electron chi connectivity index (χ3n) is 3.22. The standard InChI is InChI=1S/C13H21N3/c1-15-10-11-16(9-5-4-8-14)13-7-3-2-6-12(13)15/h2-3,6-7H,4-5,8-11,14H2,1H3. The summed E-state index contributed by atoms with van der Waals surface area (Å²) >= 11 is 0. The summed E-state index contributed by atoms with van der Waals surface area (Å²) in [5, 5.41) is 0. The molecule has 1 aromatic rings. The fourth-order valence-electron chi connectivity index (χ4n) is 2.25. The first-order chi connectivity index (χ1) is 7.83. The van der Waals surface area contributed by atoms with Crippen LogP contribution < -0.4 is 15.5 Å². The summed E-state index contributed by atoms with van der Waals surface area (Å²) in [7, 11) is 2.16. The summed E-state index contributed by atoms with van der Waals surface area (Å²) < 4.78 is 0. The fraction of sp³-hybridized carbons (Fsp3) is 0.538. The number of rotatable bonds is 4. The van der Waals surface area contributed by atoms with Crippen molar-refractivity contribution in [1.82, 2.24) is 0 Å². The lowest BCUT2D eigenvalue weighted by atomic mass is 10.1. The van der Waals surface area contributed by atoms with Gasteiger partial charge in [0.25, 0.3) is 0 Å². The number of para-hydroxylation sites is 2. The largest absolute Gasteiger partial charge is 0.371 e. The van der Waals surface area contributed by atoms with E-state index in [2.05, 4.69) is 41.1 Å². The Kier molecular flexibility index (Phi) is 3.67. The zero-order valence-corrected chi connectivity index (χ0v) is 10.0. The second-order valence-corrected chi connectivity index (χ2v) is 4.39. The second kappa shape index (κ2) is 5.21. The van der Waals surface area contributed by atoms with Gasteiger partial charge in [-0.1, -0.05) is 12.1 Å². The van der Waals surface area contributed by atoms with Crippen molar-refractivity contribution in [2.75, 3.05) is 43.0 Å². The highest BCUT2D eigenvalue weighted by molar-refractivity contribution is 5.72. The van der Waals surface area contributed by atoms with E-state index in [4.69, 9.17) is 5.73 Å². The maximum absolute atomic E-state index is 5.53. The molecule has 0 fully saturated rings. The molecule has 0 radical (unpaired) electrons. The predicted octanol–water partition coefficient (Wildman–Crippen LogP) is 1.68. The summed E-state index contributed by atoms with van der Waals surface area (Å²) in [4.78, 5) is 4.81. The topological polar surface area (TPSA) is 32.5 Å². The summed E-state index contributed by atoms with van der Waals surface area (Å²) in [6.07, 6.45) is 2.31. The van der Waals surface area contributed by atoms with Crippen molar-refractivity contribution >= 4 is 11.4 Å². The van der Waals surface area contributed by atoms with Crippen LogP contribution in [-0.2, 0) is 0 Å². The van der Waals surface area contributed by atoms with Crippen LogP contribution in [0.3, 0.4) is 0 Å². The lowest BCUT2D eigenvalue weighted by Gasteiger charge is -2.37. The highest BCUT2D eigenvalue weighted by Gasteiger charge is 2.18. The molecule has 1 heterocycles.